The number of benzene rings is 3. The van der Waals surface area contributed by atoms with Gasteiger partial charge in [-0.2, -0.15) is 0 Å². The summed E-state index contributed by atoms with van der Waals surface area (Å²) in [6, 6.07) is 25.8. The average molecular weight is 392 g/mol. The van der Waals surface area contributed by atoms with Crippen molar-refractivity contribution in [3.63, 3.8) is 0 Å². The lowest BCUT2D eigenvalue weighted by Crippen LogP contribution is -2.30. The number of ether oxygens (including phenoxy) is 1. The fourth-order valence-corrected chi connectivity index (χ4v) is 3.69. The minimum atomic E-state index is 0.0956. The summed E-state index contributed by atoms with van der Waals surface area (Å²) in [6.45, 7) is 5.47. The van der Waals surface area contributed by atoms with Gasteiger partial charge in [0.2, 0.25) is 0 Å². The van der Waals surface area contributed by atoms with Crippen molar-refractivity contribution in [3.05, 3.63) is 90.0 Å². The number of hydrogen-bond donors (Lipinski definition) is 0. The fraction of sp³-hybridized carbons (Fsp3) is 0.208. The summed E-state index contributed by atoms with van der Waals surface area (Å²) >= 11 is 1.77. The molecule has 0 fully saturated rings. The maximum Gasteiger partial charge on any atom is 0.253 e. The molecule has 144 valence electrons. The second-order valence-electron chi connectivity index (χ2n) is 6.35. The van der Waals surface area contributed by atoms with Crippen LogP contribution in [-0.4, -0.2) is 23.9 Å². The highest BCUT2D eigenvalue weighted by atomic mass is 32.2. The van der Waals surface area contributed by atoms with E-state index in [0.29, 0.717) is 0 Å². The molecule has 0 spiro atoms. The third-order valence-electron chi connectivity index (χ3n) is 4.46. The molecule has 28 heavy (non-hydrogen) atoms. The van der Waals surface area contributed by atoms with E-state index in [1.54, 1.807) is 11.8 Å². The Balaban J connectivity index is 1.54. The van der Waals surface area contributed by atoms with Crippen molar-refractivity contribution in [1.29, 1.82) is 0 Å². The quantitative estimate of drug-likeness (QED) is 0.425. The smallest absolute Gasteiger partial charge is 0.253 e. The number of para-hydroxylation sites is 1. The lowest BCUT2D eigenvalue weighted by molar-refractivity contribution is 0.0773. The van der Waals surface area contributed by atoms with E-state index in [1.165, 1.54) is 10.5 Å². The van der Waals surface area contributed by atoms with Crippen molar-refractivity contribution >= 4 is 17.7 Å². The Morgan fingerprint density at radius 3 is 2.04 bits per heavy atom. The third kappa shape index (κ3) is 5.40. The van der Waals surface area contributed by atoms with Gasteiger partial charge in [0.15, 0.2) is 0 Å². The first kappa shape index (κ1) is 20.0. The van der Waals surface area contributed by atoms with Crippen LogP contribution in [0.2, 0.25) is 0 Å². The highest BCUT2D eigenvalue weighted by molar-refractivity contribution is 7.98. The molecule has 0 saturated carbocycles. The minimum Gasteiger partial charge on any atom is -0.457 e. The topological polar surface area (TPSA) is 29.5 Å². The van der Waals surface area contributed by atoms with E-state index in [2.05, 4.69) is 12.1 Å². The summed E-state index contributed by atoms with van der Waals surface area (Å²) in [5.74, 6) is 2.62. The van der Waals surface area contributed by atoms with Crippen LogP contribution in [-0.2, 0) is 5.75 Å². The Bertz CT molecular complexity index is 873. The lowest BCUT2D eigenvalue weighted by Gasteiger charge is -2.18. The number of rotatable bonds is 8. The van der Waals surface area contributed by atoms with E-state index < -0.39 is 0 Å². The Hall–Kier alpha value is -2.72. The molecule has 0 unspecified atom stereocenters. The number of amides is 1. The van der Waals surface area contributed by atoms with Gasteiger partial charge < -0.3 is 9.64 Å². The number of hydrogen-bond acceptors (Lipinski definition) is 3. The molecule has 0 N–H and O–H groups in total. The van der Waals surface area contributed by atoms with Crippen LogP contribution in [0.3, 0.4) is 0 Å². The Kier molecular flexibility index (Phi) is 7.15. The average Bonchev–Trinajstić information content (AvgIpc) is 2.75. The lowest BCUT2D eigenvalue weighted by atomic mass is 10.1. The molecule has 3 rings (SSSR count). The Morgan fingerprint density at radius 2 is 1.43 bits per heavy atom. The summed E-state index contributed by atoms with van der Waals surface area (Å²) in [5, 5.41) is 0. The van der Waals surface area contributed by atoms with Gasteiger partial charge in [0.25, 0.3) is 5.91 Å². The van der Waals surface area contributed by atoms with Crippen LogP contribution in [0, 0.1) is 0 Å². The summed E-state index contributed by atoms with van der Waals surface area (Å²) < 4.78 is 5.82. The number of nitrogens with zero attached hydrogens (tertiary/aromatic N) is 1. The van der Waals surface area contributed by atoms with E-state index in [0.717, 1.165) is 35.9 Å². The first-order chi connectivity index (χ1) is 13.7. The van der Waals surface area contributed by atoms with Crippen molar-refractivity contribution in [1.82, 2.24) is 4.90 Å². The normalized spacial score (nSPS) is 10.5. The number of thioether (sulfide) groups is 1. The molecule has 0 saturated heterocycles. The zero-order chi connectivity index (χ0) is 19.8. The van der Waals surface area contributed by atoms with Crippen LogP contribution in [0.15, 0.2) is 83.8 Å². The molecular formula is C24H25NO2S. The second-order valence-corrected chi connectivity index (χ2v) is 7.40. The standard InChI is InChI=1S/C24H25NO2S/c1-3-25(4-2)24(26)20-12-10-19(11-13-20)18-28-23-16-14-22(15-17-23)27-21-8-6-5-7-9-21/h5-17H,3-4,18H2,1-2H3. The van der Waals surface area contributed by atoms with Crippen LogP contribution in [0.1, 0.15) is 29.8 Å². The van der Waals surface area contributed by atoms with Crippen LogP contribution >= 0.6 is 11.8 Å². The molecule has 0 aliphatic rings. The SMILES string of the molecule is CCN(CC)C(=O)c1ccc(CSc2ccc(Oc3ccccc3)cc2)cc1. The van der Waals surface area contributed by atoms with E-state index in [1.807, 2.05) is 85.5 Å². The van der Waals surface area contributed by atoms with Crippen LogP contribution in [0.25, 0.3) is 0 Å². The van der Waals surface area contributed by atoms with Gasteiger partial charge in [0.1, 0.15) is 11.5 Å². The molecule has 0 atom stereocenters. The number of carbonyl (C=O) groups is 1. The van der Waals surface area contributed by atoms with Crippen molar-refractivity contribution in [2.75, 3.05) is 13.1 Å². The highest BCUT2D eigenvalue weighted by Gasteiger charge is 2.11. The van der Waals surface area contributed by atoms with Crippen molar-refractivity contribution < 1.29 is 9.53 Å². The zero-order valence-electron chi connectivity index (χ0n) is 16.3. The maximum absolute atomic E-state index is 12.4. The molecule has 0 bridgehead atoms. The maximum atomic E-state index is 12.4. The molecule has 3 aromatic rings. The largest absolute Gasteiger partial charge is 0.457 e. The van der Waals surface area contributed by atoms with E-state index in [9.17, 15) is 4.79 Å². The van der Waals surface area contributed by atoms with Crippen molar-refractivity contribution in [2.24, 2.45) is 0 Å². The summed E-state index contributed by atoms with van der Waals surface area (Å²) in [7, 11) is 0. The van der Waals surface area contributed by atoms with Gasteiger partial charge in [0, 0.05) is 29.3 Å². The van der Waals surface area contributed by atoms with Crippen LogP contribution in [0.5, 0.6) is 11.5 Å². The first-order valence-electron chi connectivity index (χ1n) is 9.53. The van der Waals surface area contributed by atoms with Gasteiger partial charge in [-0.25, -0.2) is 0 Å². The van der Waals surface area contributed by atoms with E-state index in [-0.39, 0.29) is 5.91 Å². The van der Waals surface area contributed by atoms with Gasteiger partial charge in [-0.3, -0.25) is 4.79 Å². The van der Waals surface area contributed by atoms with E-state index in [4.69, 9.17) is 4.74 Å². The second kappa shape index (κ2) is 10.00. The molecule has 0 heterocycles. The number of carbonyl (C=O) groups excluding carboxylic acids is 1. The van der Waals surface area contributed by atoms with Gasteiger partial charge in [-0.1, -0.05) is 30.3 Å². The molecule has 4 heteroatoms. The minimum absolute atomic E-state index is 0.0956. The van der Waals surface area contributed by atoms with Crippen molar-refractivity contribution in [3.8, 4) is 11.5 Å². The van der Waals surface area contributed by atoms with E-state index >= 15 is 0 Å². The molecule has 0 radical (unpaired) electrons. The summed E-state index contributed by atoms with van der Waals surface area (Å²) in [4.78, 5) is 15.4. The van der Waals surface area contributed by atoms with Crippen molar-refractivity contribution in [2.45, 2.75) is 24.5 Å². The predicted octanol–water partition coefficient (Wildman–Crippen LogP) is 6.25. The first-order valence-corrected chi connectivity index (χ1v) is 10.5. The Labute approximate surface area is 171 Å². The molecule has 0 aliphatic carbocycles. The molecule has 0 aliphatic heterocycles. The van der Waals surface area contributed by atoms with Crippen LogP contribution < -0.4 is 4.74 Å². The molecule has 3 aromatic carbocycles. The highest BCUT2D eigenvalue weighted by Crippen LogP contribution is 2.27. The van der Waals surface area contributed by atoms with Gasteiger partial charge >= 0.3 is 0 Å². The molecule has 1 amide bonds. The summed E-state index contributed by atoms with van der Waals surface area (Å²) in [5.41, 5.74) is 1.95. The Morgan fingerprint density at radius 1 is 0.821 bits per heavy atom. The predicted molar refractivity (Wildman–Crippen MR) is 116 cm³/mol. The third-order valence-corrected chi connectivity index (χ3v) is 5.54. The van der Waals surface area contributed by atoms with Gasteiger partial charge in [-0.05, 0) is 67.9 Å². The monoisotopic (exact) mass is 391 g/mol. The van der Waals surface area contributed by atoms with Crippen LogP contribution in [0.4, 0.5) is 0 Å². The molecule has 3 nitrogen and oxygen atoms in total. The summed E-state index contributed by atoms with van der Waals surface area (Å²) in [6.07, 6.45) is 0. The molecular weight excluding hydrogens is 366 g/mol. The van der Waals surface area contributed by atoms with Gasteiger partial charge in [-0.15, -0.1) is 11.8 Å². The van der Waals surface area contributed by atoms with Gasteiger partial charge in [0.05, 0.1) is 0 Å². The fourth-order valence-electron chi connectivity index (χ4n) is 2.83. The zero-order valence-corrected chi connectivity index (χ0v) is 17.1. The molecule has 0 aromatic heterocycles.